The molecule has 0 amide bonds. The van der Waals surface area contributed by atoms with E-state index in [1.165, 1.54) is 0 Å². The zero-order valence-corrected chi connectivity index (χ0v) is 38.0. The van der Waals surface area contributed by atoms with Gasteiger partial charge in [-0.15, -0.1) is 0 Å². The Hall–Kier alpha value is -10.2. The Labute approximate surface area is 410 Å². The molecule has 12 heteroatoms. The topological polar surface area (TPSA) is 155 Å². The molecule has 0 unspecified atom stereocenters. The Balaban J connectivity index is 0.937. The molecule has 0 aliphatic rings. The van der Waals surface area contributed by atoms with Gasteiger partial charge in [0.1, 0.15) is 0 Å². The van der Waals surface area contributed by atoms with Crippen LogP contribution in [-0.2, 0) is 0 Å². The summed E-state index contributed by atoms with van der Waals surface area (Å²) in [6.45, 7) is 0. The summed E-state index contributed by atoms with van der Waals surface area (Å²) in [6.07, 6.45) is 14.0. The number of fused-ring (bicyclic) bond motifs is 2. The summed E-state index contributed by atoms with van der Waals surface area (Å²) in [7, 11) is 0. The minimum Gasteiger partial charge on any atom is -0.264 e. The molecule has 0 aliphatic carbocycles. The number of rotatable bonds is 8. The van der Waals surface area contributed by atoms with E-state index in [1.54, 1.807) is 37.2 Å². The minimum absolute atomic E-state index is 0.526. The smallest absolute Gasteiger partial charge is 0.164 e. The summed E-state index contributed by atoms with van der Waals surface area (Å²) in [6, 6.07) is 53.5. The Morgan fingerprint density at radius 3 is 1.03 bits per heavy atom. The highest BCUT2D eigenvalue weighted by atomic mass is 15.0. The monoisotopic (exact) mass is 922 g/mol. The highest BCUT2D eigenvalue weighted by molar-refractivity contribution is 6.27. The standard InChI is InChI=1S/C60H34N12/c1-3-43(33-61-25-1)35-5-9-39(10-6-35)55-67-57(41-17-23-49-51(31-41)65-29-27-63-49)71-59(69-55)47-21-15-37-14-20-46-48(22-16-38-13-19-45(47)53(37)54(38)46)60-70-56(40-11-7-36(8-12-40)44-4-2-26-62-34-44)68-58(72-60)42-18-24-50-52(32-42)66-30-28-64-50/h1-34H. The molecule has 0 radical (unpaired) electrons. The van der Waals surface area contributed by atoms with Crippen molar-refractivity contribution in [2.24, 2.45) is 0 Å². The molecule has 6 aromatic heterocycles. The lowest BCUT2D eigenvalue weighted by Gasteiger charge is -2.16. The summed E-state index contributed by atoms with van der Waals surface area (Å²) in [4.78, 5) is 57.9. The molecule has 0 bridgehead atoms. The van der Waals surface area contributed by atoms with Crippen LogP contribution in [0, 0.1) is 0 Å². The summed E-state index contributed by atoms with van der Waals surface area (Å²) in [5.41, 5.74) is 12.3. The van der Waals surface area contributed by atoms with Crippen molar-refractivity contribution >= 4 is 54.4 Å². The average molecular weight is 923 g/mol. The van der Waals surface area contributed by atoms with E-state index in [-0.39, 0.29) is 0 Å². The Kier molecular flexibility index (Phi) is 9.52. The largest absolute Gasteiger partial charge is 0.264 e. The maximum Gasteiger partial charge on any atom is 0.164 e. The van der Waals surface area contributed by atoms with Crippen molar-refractivity contribution in [3.8, 4) is 90.6 Å². The first-order valence-corrected chi connectivity index (χ1v) is 23.3. The van der Waals surface area contributed by atoms with E-state index in [0.717, 1.165) is 110 Å². The van der Waals surface area contributed by atoms with E-state index >= 15 is 0 Å². The average Bonchev–Trinajstić information content (AvgIpc) is 3.46. The Morgan fingerprint density at radius 1 is 0.250 bits per heavy atom. The fourth-order valence-electron chi connectivity index (χ4n) is 9.60. The predicted molar refractivity (Wildman–Crippen MR) is 282 cm³/mol. The summed E-state index contributed by atoms with van der Waals surface area (Å²) >= 11 is 0. The van der Waals surface area contributed by atoms with Crippen molar-refractivity contribution in [1.29, 1.82) is 0 Å². The first kappa shape index (κ1) is 40.8. The molecular formula is C60H34N12. The number of pyridine rings is 2. The van der Waals surface area contributed by atoms with E-state index in [9.17, 15) is 0 Å². The molecule has 334 valence electrons. The number of hydrogen-bond donors (Lipinski definition) is 0. The van der Waals surface area contributed by atoms with Crippen LogP contribution in [0.4, 0.5) is 0 Å². The third kappa shape index (κ3) is 7.17. The molecule has 0 fully saturated rings. The number of hydrogen-bond acceptors (Lipinski definition) is 12. The Morgan fingerprint density at radius 2 is 0.611 bits per heavy atom. The molecule has 12 nitrogen and oxygen atoms in total. The minimum atomic E-state index is 0.526. The molecule has 0 N–H and O–H groups in total. The lowest BCUT2D eigenvalue weighted by Crippen LogP contribution is -2.02. The van der Waals surface area contributed by atoms with Crippen LogP contribution < -0.4 is 0 Å². The van der Waals surface area contributed by atoms with Gasteiger partial charge < -0.3 is 0 Å². The summed E-state index contributed by atoms with van der Waals surface area (Å²) < 4.78 is 0. The SMILES string of the molecule is c1cncc(-c2ccc(-c3nc(-c4ccc5nccnc5c4)nc(-c4ccc5ccc6c(-c7nc(-c8ccc(-c9cccnc9)cc8)nc(-c8ccc9nccnc9c8)n7)ccc7ccc4c5c76)n3)cc2)c1. The number of aromatic nitrogens is 12. The van der Waals surface area contributed by atoms with Gasteiger partial charge >= 0.3 is 0 Å². The highest BCUT2D eigenvalue weighted by Crippen LogP contribution is 2.42. The second-order valence-corrected chi connectivity index (χ2v) is 17.4. The van der Waals surface area contributed by atoms with E-state index in [4.69, 9.17) is 29.9 Å². The third-order valence-corrected chi connectivity index (χ3v) is 13.1. The molecule has 0 atom stereocenters. The zero-order chi connectivity index (χ0) is 47.5. The van der Waals surface area contributed by atoms with E-state index < -0.39 is 0 Å². The maximum absolute atomic E-state index is 5.23. The van der Waals surface area contributed by atoms with Gasteiger partial charge in [-0.3, -0.25) is 29.9 Å². The fraction of sp³-hybridized carbons (Fsp3) is 0. The van der Waals surface area contributed by atoms with Crippen LogP contribution in [0.25, 0.3) is 145 Å². The second kappa shape index (κ2) is 16.8. The van der Waals surface area contributed by atoms with Gasteiger partial charge in [-0.05, 0) is 115 Å². The van der Waals surface area contributed by atoms with E-state index in [1.807, 2.05) is 97.3 Å². The van der Waals surface area contributed by atoms with Crippen LogP contribution in [0.5, 0.6) is 0 Å². The third-order valence-electron chi connectivity index (χ3n) is 13.1. The quantitative estimate of drug-likeness (QED) is 0.133. The predicted octanol–water partition coefficient (Wildman–Crippen LogP) is 13.0. The molecule has 0 saturated heterocycles. The van der Waals surface area contributed by atoms with Gasteiger partial charge in [0.25, 0.3) is 0 Å². The molecule has 72 heavy (non-hydrogen) atoms. The molecule has 14 aromatic rings. The second-order valence-electron chi connectivity index (χ2n) is 17.4. The van der Waals surface area contributed by atoms with Crippen molar-refractivity contribution in [3.63, 3.8) is 0 Å². The van der Waals surface area contributed by atoms with Crippen molar-refractivity contribution in [2.75, 3.05) is 0 Å². The maximum atomic E-state index is 5.23. The van der Waals surface area contributed by atoms with Crippen molar-refractivity contribution in [2.45, 2.75) is 0 Å². The lowest BCUT2D eigenvalue weighted by atomic mass is 9.89. The molecular weight excluding hydrogens is 889 g/mol. The van der Waals surface area contributed by atoms with Gasteiger partial charge in [-0.1, -0.05) is 97.1 Å². The van der Waals surface area contributed by atoms with Crippen LogP contribution in [0.2, 0.25) is 0 Å². The molecule has 0 saturated carbocycles. The summed E-state index contributed by atoms with van der Waals surface area (Å²) in [5.74, 6) is 3.24. The van der Waals surface area contributed by atoms with Gasteiger partial charge in [0.15, 0.2) is 34.9 Å². The first-order chi connectivity index (χ1) is 35.6. The van der Waals surface area contributed by atoms with Crippen LogP contribution in [0.15, 0.2) is 207 Å². The first-order valence-electron chi connectivity index (χ1n) is 23.3. The number of benzene rings is 8. The summed E-state index contributed by atoms with van der Waals surface area (Å²) in [5, 5.41) is 6.35. The van der Waals surface area contributed by atoms with Crippen molar-refractivity contribution < 1.29 is 0 Å². The Bertz CT molecular complexity index is 4100. The zero-order valence-electron chi connectivity index (χ0n) is 38.0. The van der Waals surface area contributed by atoms with Gasteiger partial charge in [-0.25, -0.2) is 29.9 Å². The molecule has 14 rings (SSSR count). The van der Waals surface area contributed by atoms with Gasteiger partial charge in [0, 0.05) is 83.0 Å². The van der Waals surface area contributed by atoms with Crippen LogP contribution >= 0.6 is 0 Å². The highest BCUT2D eigenvalue weighted by Gasteiger charge is 2.21. The molecule has 0 aliphatic heterocycles. The van der Waals surface area contributed by atoms with Crippen LogP contribution in [0.3, 0.4) is 0 Å². The van der Waals surface area contributed by atoms with Gasteiger partial charge in [0.05, 0.1) is 22.1 Å². The normalized spacial score (nSPS) is 11.6. The van der Waals surface area contributed by atoms with Gasteiger partial charge in [-0.2, -0.15) is 0 Å². The van der Waals surface area contributed by atoms with E-state index in [0.29, 0.717) is 34.9 Å². The molecule has 0 spiro atoms. The van der Waals surface area contributed by atoms with Crippen LogP contribution in [-0.4, -0.2) is 59.8 Å². The molecule has 6 heterocycles. The number of nitrogens with zero attached hydrogens (tertiary/aromatic N) is 12. The van der Waals surface area contributed by atoms with Gasteiger partial charge in [0.2, 0.25) is 0 Å². The fourth-order valence-corrected chi connectivity index (χ4v) is 9.60. The van der Waals surface area contributed by atoms with Crippen LogP contribution in [0.1, 0.15) is 0 Å². The lowest BCUT2D eigenvalue weighted by molar-refractivity contribution is 1.08. The van der Waals surface area contributed by atoms with Crippen molar-refractivity contribution in [3.05, 3.63) is 207 Å². The molecule has 8 aromatic carbocycles. The van der Waals surface area contributed by atoms with E-state index in [2.05, 4.69) is 103 Å². The van der Waals surface area contributed by atoms with Crippen molar-refractivity contribution in [1.82, 2.24) is 59.8 Å².